The predicted molar refractivity (Wildman–Crippen MR) is 118 cm³/mol. The molecule has 0 radical (unpaired) electrons. The third-order valence-electron chi connectivity index (χ3n) is 4.02. The number of carbonyl (C=O) groups excluding carboxylic acids is 1. The quantitative estimate of drug-likeness (QED) is 0.642. The van der Waals surface area contributed by atoms with Crippen molar-refractivity contribution in [2.24, 2.45) is 4.99 Å². The van der Waals surface area contributed by atoms with Crippen LogP contribution in [0.15, 0.2) is 33.5 Å². The molecule has 0 aliphatic carbocycles. The summed E-state index contributed by atoms with van der Waals surface area (Å²) in [5, 5.41) is 12.1. The van der Waals surface area contributed by atoms with Crippen molar-refractivity contribution in [1.29, 1.82) is 0 Å². The second-order valence-corrected chi connectivity index (χ2v) is 8.22. The van der Waals surface area contributed by atoms with Crippen LogP contribution in [0.1, 0.15) is 25.1 Å². The Morgan fingerprint density at radius 2 is 2.17 bits per heavy atom. The summed E-state index contributed by atoms with van der Waals surface area (Å²) in [5.41, 5.74) is 1.61. The molecule has 1 unspecified atom stereocenters. The van der Waals surface area contributed by atoms with Gasteiger partial charge in [-0.25, -0.2) is 9.78 Å². The van der Waals surface area contributed by atoms with Gasteiger partial charge in [-0.3, -0.25) is 9.69 Å². The molecular weight excluding hydrogens is 426 g/mol. The molecule has 1 aliphatic rings. The molecule has 30 heavy (non-hydrogen) atoms. The number of hydrogen-bond donors (Lipinski definition) is 1. The van der Waals surface area contributed by atoms with Gasteiger partial charge < -0.3 is 14.6 Å². The largest absolute Gasteiger partial charge is 0.490 e. The van der Waals surface area contributed by atoms with Crippen LogP contribution >= 0.6 is 23.1 Å². The van der Waals surface area contributed by atoms with E-state index in [-0.39, 0.29) is 5.91 Å². The fraction of sp³-hybridized carbons (Fsp3) is 0.300. The molecule has 2 heterocycles. The van der Waals surface area contributed by atoms with Crippen molar-refractivity contribution in [2.75, 3.05) is 13.7 Å². The van der Waals surface area contributed by atoms with Crippen LogP contribution in [0.3, 0.4) is 0 Å². The van der Waals surface area contributed by atoms with Crippen LogP contribution in [0.2, 0.25) is 0 Å². The van der Waals surface area contributed by atoms with Crippen LogP contribution in [-0.4, -0.2) is 51.8 Å². The number of aliphatic carboxylic acids is 1. The lowest BCUT2D eigenvalue weighted by Crippen LogP contribution is -2.23. The molecule has 0 saturated carbocycles. The van der Waals surface area contributed by atoms with Crippen molar-refractivity contribution in [3.8, 4) is 11.5 Å². The SMILES string of the molecule is CCOc1cc(/C=C2/S/C(=N/c3nc(C)cs3)N(C)C2=O)ccc1OC(C)C(=O)O. The van der Waals surface area contributed by atoms with E-state index in [0.717, 1.165) is 11.3 Å². The van der Waals surface area contributed by atoms with Gasteiger partial charge in [0.25, 0.3) is 5.91 Å². The number of hydrogen-bond acceptors (Lipinski definition) is 8. The number of carboxylic acids is 1. The van der Waals surface area contributed by atoms with Crippen molar-refractivity contribution in [2.45, 2.75) is 26.9 Å². The number of aryl methyl sites for hydroxylation is 1. The summed E-state index contributed by atoms with van der Waals surface area (Å²) >= 11 is 2.69. The average Bonchev–Trinajstić information content (AvgIpc) is 3.22. The number of benzene rings is 1. The van der Waals surface area contributed by atoms with Crippen molar-refractivity contribution in [1.82, 2.24) is 9.88 Å². The molecule has 158 valence electrons. The van der Waals surface area contributed by atoms with Crippen molar-refractivity contribution in [3.63, 3.8) is 0 Å². The molecule has 8 nitrogen and oxygen atoms in total. The molecule has 1 aromatic carbocycles. The van der Waals surface area contributed by atoms with Crippen molar-refractivity contribution in [3.05, 3.63) is 39.7 Å². The molecular formula is C20H21N3O5S2. The van der Waals surface area contributed by atoms with Gasteiger partial charge in [0, 0.05) is 12.4 Å². The molecule has 1 fully saturated rings. The third-order valence-corrected chi connectivity index (χ3v) is 5.93. The highest BCUT2D eigenvalue weighted by molar-refractivity contribution is 8.18. The van der Waals surface area contributed by atoms with Crippen LogP contribution < -0.4 is 9.47 Å². The summed E-state index contributed by atoms with van der Waals surface area (Å²) in [4.78, 5) is 34.5. The van der Waals surface area contributed by atoms with E-state index in [0.29, 0.717) is 33.3 Å². The van der Waals surface area contributed by atoms with Gasteiger partial charge in [0.05, 0.1) is 17.2 Å². The standard InChI is InChI=1S/C20H21N3O5S2/c1-5-27-15-8-13(6-7-14(15)28-12(3)18(25)26)9-16-17(24)23(4)20(30-16)22-19-21-11(2)10-29-19/h6-10,12H,5H2,1-4H3,(H,25,26)/b16-9+,22-20+. The highest BCUT2D eigenvalue weighted by Gasteiger charge is 2.30. The van der Waals surface area contributed by atoms with Gasteiger partial charge in [-0.1, -0.05) is 6.07 Å². The number of amides is 1. The smallest absolute Gasteiger partial charge is 0.344 e. The number of nitrogens with zero attached hydrogens (tertiary/aromatic N) is 3. The Hall–Kier alpha value is -2.85. The lowest BCUT2D eigenvalue weighted by Gasteiger charge is -2.15. The van der Waals surface area contributed by atoms with Crippen LogP contribution in [-0.2, 0) is 9.59 Å². The molecule has 1 saturated heterocycles. The number of rotatable bonds is 7. The molecule has 1 aromatic heterocycles. The second kappa shape index (κ2) is 9.31. The topological polar surface area (TPSA) is 101 Å². The lowest BCUT2D eigenvalue weighted by molar-refractivity contribution is -0.144. The number of thioether (sulfide) groups is 1. The minimum absolute atomic E-state index is 0.162. The second-order valence-electron chi connectivity index (χ2n) is 6.38. The predicted octanol–water partition coefficient (Wildman–Crippen LogP) is 3.94. The summed E-state index contributed by atoms with van der Waals surface area (Å²) in [5.74, 6) is -0.486. The Balaban J connectivity index is 1.86. The molecule has 1 aliphatic heterocycles. The van der Waals surface area contributed by atoms with E-state index in [1.165, 1.54) is 34.9 Å². The maximum atomic E-state index is 12.6. The zero-order valence-corrected chi connectivity index (χ0v) is 18.5. The fourth-order valence-corrected chi connectivity index (χ4v) is 4.19. The van der Waals surface area contributed by atoms with Gasteiger partial charge in [0.2, 0.25) is 5.13 Å². The maximum Gasteiger partial charge on any atom is 0.344 e. The highest BCUT2D eigenvalue weighted by Crippen LogP contribution is 2.36. The first-order valence-electron chi connectivity index (χ1n) is 9.13. The van der Waals surface area contributed by atoms with E-state index in [9.17, 15) is 9.59 Å². The number of aliphatic imine (C=N–C) groups is 1. The number of thiazole rings is 1. The number of amidine groups is 1. The monoisotopic (exact) mass is 447 g/mol. The van der Waals surface area contributed by atoms with Crippen LogP contribution in [0.4, 0.5) is 5.13 Å². The molecule has 3 rings (SSSR count). The summed E-state index contributed by atoms with van der Waals surface area (Å²) in [6.45, 7) is 5.55. The normalized spacial score (nSPS) is 17.6. The third kappa shape index (κ3) is 5.00. The van der Waals surface area contributed by atoms with Gasteiger partial charge in [0.15, 0.2) is 22.8 Å². The molecule has 1 N–H and O–H groups in total. The van der Waals surface area contributed by atoms with E-state index in [1.807, 2.05) is 19.2 Å². The Morgan fingerprint density at radius 1 is 1.40 bits per heavy atom. The van der Waals surface area contributed by atoms with E-state index >= 15 is 0 Å². The fourth-order valence-electron chi connectivity index (χ4n) is 2.50. The Bertz CT molecular complexity index is 1030. The number of aromatic nitrogens is 1. The zero-order chi connectivity index (χ0) is 21.8. The van der Waals surface area contributed by atoms with E-state index in [4.69, 9.17) is 14.6 Å². The molecule has 0 spiro atoms. The van der Waals surface area contributed by atoms with Gasteiger partial charge >= 0.3 is 5.97 Å². The molecule has 0 bridgehead atoms. The number of carboxylic acid groups (broad SMARTS) is 1. The highest BCUT2D eigenvalue weighted by atomic mass is 32.2. The average molecular weight is 448 g/mol. The summed E-state index contributed by atoms with van der Waals surface area (Å²) in [6, 6.07) is 5.10. The lowest BCUT2D eigenvalue weighted by atomic mass is 10.2. The van der Waals surface area contributed by atoms with Crippen molar-refractivity contribution >= 4 is 51.4 Å². The van der Waals surface area contributed by atoms with Crippen molar-refractivity contribution < 1.29 is 24.2 Å². The number of carbonyl (C=O) groups is 2. The molecule has 1 atom stereocenters. The van der Waals surface area contributed by atoms with E-state index in [1.54, 1.807) is 31.3 Å². The minimum atomic E-state index is -1.07. The van der Waals surface area contributed by atoms with Gasteiger partial charge in [-0.05, 0) is 56.3 Å². The van der Waals surface area contributed by atoms with E-state index < -0.39 is 12.1 Å². The Kier molecular flexibility index (Phi) is 6.78. The first-order chi connectivity index (χ1) is 14.3. The molecule has 2 aromatic rings. The number of likely N-dealkylation sites (N-methyl/N-ethyl adjacent to an activating group) is 1. The Morgan fingerprint density at radius 3 is 2.80 bits per heavy atom. The molecule has 1 amide bonds. The van der Waals surface area contributed by atoms with Crippen LogP contribution in [0.5, 0.6) is 11.5 Å². The zero-order valence-electron chi connectivity index (χ0n) is 16.9. The van der Waals surface area contributed by atoms with Crippen LogP contribution in [0, 0.1) is 6.92 Å². The maximum absolute atomic E-state index is 12.6. The van der Waals surface area contributed by atoms with E-state index in [2.05, 4.69) is 9.98 Å². The molecule has 10 heteroatoms. The minimum Gasteiger partial charge on any atom is -0.490 e. The van der Waals surface area contributed by atoms with Gasteiger partial charge in [-0.15, -0.1) is 11.3 Å². The van der Waals surface area contributed by atoms with Gasteiger partial charge in [-0.2, -0.15) is 4.99 Å². The first-order valence-corrected chi connectivity index (χ1v) is 10.8. The van der Waals surface area contributed by atoms with Crippen LogP contribution in [0.25, 0.3) is 6.08 Å². The first kappa shape index (κ1) is 21.8. The summed E-state index contributed by atoms with van der Waals surface area (Å²) < 4.78 is 11.1. The summed E-state index contributed by atoms with van der Waals surface area (Å²) in [6.07, 6.45) is 0.730. The van der Waals surface area contributed by atoms with Gasteiger partial charge in [0.1, 0.15) is 0 Å². The summed E-state index contributed by atoms with van der Waals surface area (Å²) in [7, 11) is 1.67. The Labute approximate surface area is 182 Å². The number of ether oxygens (including phenoxy) is 2.